The molecule has 0 aliphatic carbocycles. The standard InChI is InChI=1S/C17H22N4/c1-3-5-16(13-19)20-8-10-21(11-9-20)17-14(2)6-4-7-15(17)12-18/h4,6-7,16H,3,5,8-11H2,1-2H3. The fraction of sp³-hybridized carbons (Fsp3) is 0.529. The van der Waals surface area contributed by atoms with Gasteiger partial charge >= 0.3 is 0 Å². The molecule has 0 saturated carbocycles. The normalized spacial score (nSPS) is 17.0. The average Bonchev–Trinajstić information content (AvgIpc) is 2.52. The van der Waals surface area contributed by atoms with Gasteiger partial charge in [-0.1, -0.05) is 25.5 Å². The summed E-state index contributed by atoms with van der Waals surface area (Å²) in [5.74, 6) is 0. The second-order valence-electron chi connectivity index (χ2n) is 5.54. The zero-order chi connectivity index (χ0) is 15.2. The van der Waals surface area contributed by atoms with E-state index in [9.17, 15) is 10.5 Å². The summed E-state index contributed by atoms with van der Waals surface area (Å²) >= 11 is 0. The zero-order valence-electron chi connectivity index (χ0n) is 12.8. The molecule has 110 valence electrons. The van der Waals surface area contributed by atoms with Crippen LogP contribution in [0.15, 0.2) is 18.2 Å². The molecule has 1 aromatic rings. The molecule has 0 amide bonds. The van der Waals surface area contributed by atoms with Crippen molar-refractivity contribution in [1.82, 2.24) is 4.90 Å². The van der Waals surface area contributed by atoms with Crippen molar-refractivity contribution in [2.24, 2.45) is 0 Å². The van der Waals surface area contributed by atoms with Gasteiger partial charge in [0.2, 0.25) is 0 Å². The number of hydrogen-bond donors (Lipinski definition) is 0. The first-order chi connectivity index (χ1) is 10.2. The number of benzene rings is 1. The van der Waals surface area contributed by atoms with Crippen LogP contribution in [0.1, 0.15) is 30.9 Å². The maximum Gasteiger partial charge on any atom is 0.101 e. The van der Waals surface area contributed by atoms with E-state index < -0.39 is 0 Å². The molecule has 4 heteroatoms. The maximum absolute atomic E-state index is 9.29. The van der Waals surface area contributed by atoms with Gasteiger partial charge < -0.3 is 4.90 Å². The average molecular weight is 282 g/mol. The van der Waals surface area contributed by atoms with E-state index in [1.807, 2.05) is 12.1 Å². The molecule has 1 unspecified atom stereocenters. The molecule has 1 aliphatic heterocycles. The van der Waals surface area contributed by atoms with E-state index in [1.165, 1.54) is 0 Å². The van der Waals surface area contributed by atoms with Crippen LogP contribution in [-0.2, 0) is 0 Å². The van der Waals surface area contributed by atoms with Gasteiger partial charge in [0.15, 0.2) is 0 Å². The number of nitrogens with zero attached hydrogens (tertiary/aromatic N) is 4. The number of piperazine rings is 1. The van der Waals surface area contributed by atoms with Crippen molar-refractivity contribution in [1.29, 1.82) is 10.5 Å². The van der Waals surface area contributed by atoms with Crippen LogP contribution < -0.4 is 4.90 Å². The summed E-state index contributed by atoms with van der Waals surface area (Å²) in [6, 6.07) is 10.6. The van der Waals surface area contributed by atoms with Crippen molar-refractivity contribution in [2.75, 3.05) is 31.1 Å². The van der Waals surface area contributed by atoms with E-state index in [-0.39, 0.29) is 6.04 Å². The number of anilines is 1. The highest BCUT2D eigenvalue weighted by Crippen LogP contribution is 2.26. The summed E-state index contributed by atoms with van der Waals surface area (Å²) in [6.07, 6.45) is 1.97. The van der Waals surface area contributed by atoms with Crippen molar-refractivity contribution < 1.29 is 0 Å². The molecule has 4 nitrogen and oxygen atoms in total. The van der Waals surface area contributed by atoms with Crippen LogP contribution >= 0.6 is 0 Å². The number of aryl methyl sites for hydroxylation is 1. The minimum Gasteiger partial charge on any atom is -0.368 e. The lowest BCUT2D eigenvalue weighted by Gasteiger charge is -2.38. The number of para-hydroxylation sites is 1. The van der Waals surface area contributed by atoms with Gasteiger partial charge in [0, 0.05) is 26.2 Å². The zero-order valence-corrected chi connectivity index (χ0v) is 12.8. The summed E-state index contributed by atoms with van der Waals surface area (Å²) in [5, 5.41) is 18.6. The second kappa shape index (κ2) is 7.11. The Labute approximate surface area is 127 Å². The highest BCUT2D eigenvalue weighted by molar-refractivity contribution is 5.64. The topological polar surface area (TPSA) is 54.1 Å². The van der Waals surface area contributed by atoms with Crippen molar-refractivity contribution in [3.8, 4) is 12.1 Å². The number of hydrogen-bond acceptors (Lipinski definition) is 4. The Morgan fingerprint density at radius 1 is 1.19 bits per heavy atom. The quantitative estimate of drug-likeness (QED) is 0.852. The molecule has 0 bridgehead atoms. The molecule has 0 radical (unpaired) electrons. The minimum absolute atomic E-state index is 0.0319. The predicted octanol–water partition coefficient (Wildman–Crippen LogP) is 2.68. The van der Waals surface area contributed by atoms with Gasteiger partial charge in [-0.05, 0) is 25.0 Å². The van der Waals surface area contributed by atoms with Crippen molar-refractivity contribution in [3.05, 3.63) is 29.3 Å². The Morgan fingerprint density at radius 3 is 2.48 bits per heavy atom. The summed E-state index contributed by atoms with van der Waals surface area (Å²) in [7, 11) is 0. The first-order valence-electron chi connectivity index (χ1n) is 7.59. The molecule has 1 atom stereocenters. The largest absolute Gasteiger partial charge is 0.368 e. The van der Waals surface area contributed by atoms with Crippen LogP contribution in [-0.4, -0.2) is 37.1 Å². The highest BCUT2D eigenvalue weighted by atomic mass is 15.3. The summed E-state index contributed by atoms with van der Waals surface area (Å²) in [6.45, 7) is 7.70. The molecule has 1 heterocycles. The lowest BCUT2D eigenvalue weighted by molar-refractivity contribution is 0.211. The van der Waals surface area contributed by atoms with E-state index in [4.69, 9.17) is 0 Å². The number of rotatable bonds is 4. The highest BCUT2D eigenvalue weighted by Gasteiger charge is 2.24. The monoisotopic (exact) mass is 282 g/mol. The lowest BCUT2D eigenvalue weighted by Crippen LogP contribution is -2.50. The summed E-state index contributed by atoms with van der Waals surface area (Å²) < 4.78 is 0. The van der Waals surface area contributed by atoms with E-state index >= 15 is 0 Å². The van der Waals surface area contributed by atoms with E-state index in [0.717, 1.165) is 55.8 Å². The molecule has 1 aliphatic rings. The van der Waals surface area contributed by atoms with Crippen LogP contribution in [0.25, 0.3) is 0 Å². The first-order valence-corrected chi connectivity index (χ1v) is 7.59. The van der Waals surface area contributed by atoms with Gasteiger partial charge in [0.1, 0.15) is 6.07 Å². The van der Waals surface area contributed by atoms with Crippen molar-refractivity contribution in [2.45, 2.75) is 32.7 Å². The molecule has 1 fully saturated rings. The summed E-state index contributed by atoms with van der Waals surface area (Å²) in [4.78, 5) is 4.55. The maximum atomic E-state index is 9.29. The molecule has 0 aromatic heterocycles. The Hall–Kier alpha value is -2.04. The van der Waals surface area contributed by atoms with E-state index in [1.54, 1.807) is 0 Å². The Balaban J connectivity index is 2.09. The SMILES string of the molecule is CCCC(C#N)N1CCN(c2c(C)cccc2C#N)CC1. The molecule has 21 heavy (non-hydrogen) atoms. The summed E-state index contributed by atoms with van der Waals surface area (Å²) in [5.41, 5.74) is 2.95. The Morgan fingerprint density at radius 2 is 1.90 bits per heavy atom. The smallest absolute Gasteiger partial charge is 0.101 e. The molecule has 0 N–H and O–H groups in total. The van der Waals surface area contributed by atoms with Crippen molar-refractivity contribution >= 4 is 5.69 Å². The molecular weight excluding hydrogens is 260 g/mol. The molecule has 0 spiro atoms. The van der Waals surface area contributed by atoms with Crippen LogP contribution in [0.4, 0.5) is 5.69 Å². The third kappa shape index (κ3) is 3.35. The van der Waals surface area contributed by atoms with Crippen LogP contribution in [0.3, 0.4) is 0 Å². The molecule has 1 aromatic carbocycles. The van der Waals surface area contributed by atoms with Crippen LogP contribution in [0.5, 0.6) is 0 Å². The van der Waals surface area contributed by atoms with Gasteiger partial charge in [-0.15, -0.1) is 0 Å². The second-order valence-corrected chi connectivity index (χ2v) is 5.54. The lowest BCUT2D eigenvalue weighted by atomic mass is 10.1. The van der Waals surface area contributed by atoms with Gasteiger partial charge in [0.05, 0.1) is 23.4 Å². The molecular formula is C17H22N4. The van der Waals surface area contributed by atoms with E-state index in [0.29, 0.717) is 0 Å². The van der Waals surface area contributed by atoms with Crippen LogP contribution in [0, 0.1) is 29.6 Å². The molecule has 2 rings (SSSR count). The first kappa shape index (κ1) is 15.4. The van der Waals surface area contributed by atoms with Gasteiger partial charge in [0.25, 0.3) is 0 Å². The van der Waals surface area contributed by atoms with Crippen LogP contribution in [0.2, 0.25) is 0 Å². The van der Waals surface area contributed by atoms with Gasteiger partial charge in [-0.2, -0.15) is 10.5 Å². The fourth-order valence-electron chi connectivity index (χ4n) is 3.03. The fourth-order valence-corrected chi connectivity index (χ4v) is 3.03. The third-order valence-electron chi connectivity index (χ3n) is 4.14. The minimum atomic E-state index is 0.0319. The Bertz CT molecular complexity index is 559. The van der Waals surface area contributed by atoms with E-state index in [2.05, 4.69) is 41.9 Å². The van der Waals surface area contributed by atoms with Crippen molar-refractivity contribution in [3.63, 3.8) is 0 Å². The molecule has 1 saturated heterocycles. The Kier molecular flexibility index (Phi) is 5.20. The van der Waals surface area contributed by atoms with Gasteiger partial charge in [-0.3, -0.25) is 4.90 Å². The van der Waals surface area contributed by atoms with Gasteiger partial charge in [-0.25, -0.2) is 0 Å². The third-order valence-corrected chi connectivity index (χ3v) is 4.14. The number of nitriles is 2. The predicted molar refractivity (Wildman–Crippen MR) is 84.0 cm³/mol.